The molecule has 0 unspecified atom stereocenters. The van der Waals surface area contributed by atoms with Crippen molar-refractivity contribution in [3.05, 3.63) is 24.3 Å². The molecule has 0 bridgehead atoms. The van der Waals surface area contributed by atoms with Crippen molar-refractivity contribution in [1.29, 1.82) is 0 Å². The molecule has 1 aromatic heterocycles. The van der Waals surface area contributed by atoms with Crippen LogP contribution in [0.15, 0.2) is 24.3 Å². The first-order valence-electron chi connectivity index (χ1n) is 7.64. The van der Waals surface area contributed by atoms with Gasteiger partial charge in [0.25, 0.3) is 0 Å². The molecule has 0 atom stereocenters. The Hall–Kier alpha value is -1.84. The van der Waals surface area contributed by atoms with Crippen LogP contribution >= 0.6 is 0 Å². The first kappa shape index (κ1) is 13.2. The number of fused-ring (bicyclic) bond motifs is 1. The number of nitrogens with one attached hydrogen (secondary N) is 1. The molecule has 4 heteroatoms. The summed E-state index contributed by atoms with van der Waals surface area (Å²) in [6, 6.07) is 8.25. The molecule has 4 nitrogen and oxygen atoms in total. The topological polar surface area (TPSA) is 41.1 Å². The van der Waals surface area contributed by atoms with Gasteiger partial charge in [0.15, 0.2) is 0 Å². The fraction of sp³-hybridized carbons (Fsp3) is 0.500. The zero-order valence-corrected chi connectivity index (χ0v) is 12.1. The van der Waals surface area contributed by atoms with Gasteiger partial charge in [0, 0.05) is 25.0 Å². The van der Waals surface area contributed by atoms with Crippen molar-refractivity contribution in [2.75, 3.05) is 29.9 Å². The average molecular weight is 270 g/mol. The fourth-order valence-electron chi connectivity index (χ4n) is 2.68. The molecule has 0 saturated carbocycles. The van der Waals surface area contributed by atoms with Crippen LogP contribution < -0.4 is 10.2 Å². The Morgan fingerprint density at radius 1 is 1.10 bits per heavy atom. The number of piperidine rings is 1. The highest BCUT2D eigenvalue weighted by Gasteiger charge is 2.15. The Morgan fingerprint density at radius 2 is 1.90 bits per heavy atom. The number of hydrogen-bond donors (Lipinski definition) is 1. The highest BCUT2D eigenvalue weighted by atomic mass is 15.3. The third kappa shape index (κ3) is 2.69. The van der Waals surface area contributed by atoms with Gasteiger partial charge in [-0.1, -0.05) is 19.1 Å². The number of rotatable bonds is 4. The maximum absolute atomic E-state index is 4.77. The molecule has 2 heterocycles. The second-order valence-electron chi connectivity index (χ2n) is 5.36. The number of hydrogen-bond acceptors (Lipinski definition) is 4. The van der Waals surface area contributed by atoms with Crippen molar-refractivity contribution in [1.82, 2.24) is 9.97 Å². The van der Waals surface area contributed by atoms with Gasteiger partial charge < -0.3 is 10.2 Å². The minimum Gasteiger partial charge on any atom is -0.369 e. The molecule has 1 N–H and O–H groups in total. The highest BCUT2D eigenvalue weighted by Crippen LogP contribution is 2.25. The summed E-state index contributed by atoms with van der Waals surface area (Å²) in [6.07, 6.45) is 4.91. The van der Waals surface area contributed by atoms with Crippen molar-refractivity contribution in [2.45, 2.75) is 32.6 Å². The molecular weight excluding hydrogens is 248 g/mol. The number of para-hydroxylation sites is 1. The minimum absolute atomic E-state index is 0.877. The lowest BCUT2D eigenvalue weighted by atomic mass is 10.1. The van der Waals surface area contributed by atoms with E-state index < -0.39 is 0 Å². The number of nitrogens with zero attached hydrogens (tertiary/aromatic N) is 3. The predicted molar refractivity (Wildman–Crippen MR) is 84.4 cm³/mol. The molecular formula is C16H22N4. The number of benzene rings is 1. The van der Waals surface area contributed by atoms with Crippen LogP contribution in [0.3, 0.4) is 0 Å². The molecule has 0 amide bonds. The van der Waals surface area contributed by atoms with Crippen molar-refractivity contribution >= 4 is 22.7 Å². The van der Waals surface area contributed by atoms with E-state index in [9.17, 15) is 0 Å². The van der Waals surface area contributed by atoms with Crippen LogP contribution in [0.2, 0.25) is 0 Å². The quantitative estimate of drug-likeness (QED) is 0.924. The first-order valence-corrected chi connectivity index (χ1v) is 7.64. The standard InChI is InChI=1S/C16H22N4/c1-2-10-17-15-13-8-4-5-9-14(13)18-16(19-15)20-11-6-3-7-12-20/h4-5,8-9H,2-3,6-7,10-12H2,1H3,(H,17,18,19). The van der Waals surface area contributed by atoms with E-state index in [2.05, 4.69) is 29.3 Å². The molecule has 1 aromatic carbocycles. The Kier molecular flexibility index (Phi) is 4.00. The van der Waals surface area contributed by atoms with Gasteiger partial charge in [0.2, 0.25) is 5.95 Å². The van der Waals surface area contributed by atoms with E-state index in [1.54, 1.807) is 0 Å². The smallest absolute Gasteiger partial charge is 0.227 e. The third-order valence-electron chi connectivity index (χ3n) is 3.77. The third-order valence-corrected chi connectivity index (χ3v) is 3.77. The molecule has 1 aliphatic heterocycles. The van der Waals surface area contributed by atoms with Gasteiger partial charge in [-0.3, -0.25) is 0 Å². The van der Waals surface area contributed by atoms with Crippen LogP contribution in [-0.2, 0) is 0 Å². The van der Waals surface area contributed by atoms with E-state index in [0.29, 0.717) is 0 Å². The maximum Gasteiger partial charge on any atom is 0.227 e. The van der Waals surface area contributed by atoms with Gasteiger partial charge in [-0.15, -0.1) is 0 Å². The SMILES string of the molecule is CCCNc1nc(N2CCCCC2)nc2ccccc12. The van der Waals surface area contributed by atoms with Crippen LogP contribution in [-0.4, -0.2) is 29.6 Å². The van der Waals surface area contributed by atoms with E-state index in [1.807, 2.05) is 12.1 Å². The molecule has 106 valence electrons. The van der Waals surface area contributed by atoms with Gasteiger partial charge in [-0.25, -0.2) is 4.98 Å². The zero-order valence-electron chi connectivity index (χ0n) is 12.1. The van der Waals surface area contributed by atoms with E-state index in [1.165, 1.54) is 19.3 Å². The monoisotopic (exact) mass is 270 g/mol. The fourth-order valence-corrected chi connectivity index (χ4v) is 2.68. The van der Waals surface area contributed by atoms with E-state index in [-0.39, 0.29) is 0 Å². The molecule has 0 aliphatic carbocycles. The summed E-state index contributed by atoms with van der Waals surface area (Å²) in [4.78, 5) is 11.8. The molecule has 0 radical (unpaired) electrons. The molecule has 1 fully saturated rings. The number of anilines is 2. The van der Waals surface area contributed by atoms with Crippen molar-refractivity contribution in [3.63, 3.8) is 0 Å². The van der Waals surface area contributed by atoms with Crippen LogP contribution in [0, 0.1) is 0 Å². The normalized spacial score (nSPS) is 15.6. The Balaban J connectivity index is 1.99. The lowest BCUT2D eigenvalue weighted by Crippen LogP contribution is -2.31. The second kappa shape index (κ2) is 6.07. The van der Waals surface area contributed by atoms with E-state index in [4.69, 9.17) is 9.97 Å². The second-order valence-corrected chi connectivity index (χ2v) is 5.36. The average Bonchev–Trinajstić information content (AvgIpc) is 2.53. The molecule has 0 spiro atoms. The first-order chi connectivity index (χ1) is 9.88. The zero-order chi connectivity index (χ0) is 13.8. The Labute approximate surface area is 120 Å². The summed E-state index contributed by atoms with van der Waals surface area (Å²) >= 11 is 0. The summed E-state index contributed by atoms with van der Waals surface area (Å²) in [6.45, 7) is 5.26. The van der Waals surface area contributed by atoms with Crippen LogP contribution in [0.5, 0.6) is 0 Å². The molecule has 20 heavy (non-hydrogen) atoms. The van der Waals surface area contributed by atoms with Crippen LogP contribution in [0.4, 0.5) is 11.8 Å². The highest BCUT2D eigenvalue weighted by molar-refractivity contribution is 5.90. The molecule has 2 aromatic rings. The number of aromatic nitrogens is 2. The van der Waals surface area contributed by atoms with Gasteiger partial charge in [0.05, 0.1) is 5.52 Å². The summed E-state index contributed by atoms with van der Waals surface area (Å²) < 4.78 is 0. The summed E-state index contributed by atoms with van der Waals surface area (Å²) in [5.74, 6) is 1.85. The largest absolute Gasteiger partial charge is 0.369 e. The summed E-state index contributed by atoms with van der Waals surface area (Å²) in [5.41, 5.74) is 1.03. The summed E-state index contributed by atoms with van der Waals surface area (Å²) in [5, 5.41) is 4.55. The summed E-state index contributed by atoms with van der Waals surface area (Å²) in [7, 11) is 0. The van der Waals surface area contributed by atoms with Gasteiger partial charge >= 0.3 is 0 Å². The van der Waals surface area contributed by atoms with Gasteiger partial charge in [0.1, 0.15) is 5.82 Å². The predicted octanol–water partition coefficient (Wildman–Crippen LogP) is 3.44. The van der Waals surface area contributed by atoms with E-state index >= 15 is 0 Å². The van der Waals surface area contributed by atoms with Crippen molar-refractivity contribution in [2.24, 2.45) is 0 Å². The Bertz CT molecular complexity index is 576. The molecule has 1 aliphatic rings. The van der Waals surface area contributed by atoms with Gasteiger partial charge in [-0.05, 0) is 37.8 Å². The van der Waals surface area contributed by atoms with Crippen molar-refractivity contribution in [3.8, 4) is 0 Å². The minimum atomic E-state index is 0.877. The van der Waals surface area contributed by atoms with Gasteiger partial charge in [-0.2, -0.15) is 4.98 Å². The lowest BCUT2D eigenvalue weighted by molar-refractivity contribution is 0.569. The maximum atomic E-state index is 4.77. The van der Waals surface area contributed by atoms with Crippen molar-refractivity contribution < 1.29 is 0 Å². The van der Waals surface area contributed by atoms with Crippen LogP contribution in [0.1, 0.15) is 32.6 Å². The van der Waals surface area contributed by atoms with Crippen LogP contribution in [0.25, 0.3) is 10.9 Å². The van der Waals surface area contributed by atoms with E-state index in [0.717, 1.165) is 48.7 Å². The molecule has 1 saturated heterocycles. The lowest BCUT2D eigenvalue weighted by Gasteiger charge is -2.27. The Morgan fingerprint density at radius 3 is 2.70 bits per heavy atom. The molecule has 3 rings (SSSR count).